The van der Waals surface area contributed by atoms with E-state index in [-0.39, 0.29) is 57.7 Å². The summed E-state index contributed by atoms with van der Waals surface area (Å²) in [5.41, 5.74) is 0.824. The lowest BCUT2D eigenvalue weighted by Crippen LogP contribution is -2.46. The molecule has 4 heterocycles. The Morgan fingerprint density at radius 1 is 1.17 bits per heavy atom. The van der Waals surface area contributed by atoms with Gasteiger partial charge in [-0.1, -0.05) is 11.6 Å². The lowest BCUT2D eigenvalue weighted by Gasteiger charge is -2.36. The quantitative estimate of drug-likeness (QED) is 0.240. The second-order valence-corrected chi connectivity index (χ2v) is 11.9. The van der Waals surface area contributed by atoms with Crippen LogP contribution in [0.5, 0.6) is 5.75 Å². The summed E-state index contributed by atoms with van der Waals surface area (Å²) >= 11 is 6.22. The van der Waals surface area contributed by atoms with E-state index in [1.807, 2.05) is 7.05 Å². The van der Waals surface area contributed by atoms with Crippen molar-refractivity contribution in [3.63, 3.8) is 0 Å². The number of benzene rings is 1. The molecule has 0 spiro atoms. The van der Waals surface area contributed by atoms with Crippen LogP contribution in [0.4, 0.5) is 14.5 Å². The third-order valence-electron chi connectivity index (χ3n) is 8.08. The summed E-state index contributed by atoms with van der Waals surface area (Å²) in [6, 6.07) is 6.05. The number of carbonyl (C=O) groups excluding carboxylic acids is 3. The van der Waals surface area contributed by atoms with E-state index in [0.717, 1.165) is 25.8 Å². The number of carbonyl (C=O) groups is 3. The molecule has 13 nitrogen and oxygen atoms in total. The van der Waals surface area contributed by atoms with E-state index in [2.05, 4.69) is 25.4 Å². The monoisotopic (exact) mass is 671 g/mol. The molecule has 16 heteroatoms. The van der Waals surface area contributed by atoms with Gasteiger partial charge < -0.3 is 24.8 Å². The standard InChI is InChI=1S/C31H36ClF2N9O4/c1-39(2)26(44)6-4-12-40(3)21-9-14-41(15-10-21)27(45)19-42-18-24(37-30(46)23-17-36-43-13-5-11-35-29(23)43)28(38-42)22-16-20(32)7-8-25(22)47-31(33)34/h5,7-8,11,13,16-18,21,31H,4,6,9-10,12,14-15,19H2,1-3H3,(H,37,46). The number of halogens is 3. The van der Waals surface area contributed by atoms with E-state index in [0.29, 0.717) is 25.2 Å². The first-order chi connectivity index (χ1) is 22.5. The number of hydrogen-bond acceptors (Lipinski definition) is 8. The lowest BCUT2D eigenvalue weighted by atomic mass is 10.0. The summed E-state index contributed by atoms with van der Waals surface area (Å²) in [6.07, 6.45) is 8.80. The number of ether oxygens (including phenoxy) is 1. The van der Waals surface area contributed by atoms with Crippen molar-refractivity contribution in [2.45, 2.75) is 44.9 Å². The maximum Gasteiger partial charge on any atom is 0.387 e. The van der Waals surface area contributed by atoms with Gasteiger partial charge in [-0.2, -0.15) is 19.0 Å². The van der Waals surface area contributed by atoms with E-state index in [4.69, 9.17) is 16.3 Å². The van der Waals surface area contributed by atoms with Crippen molar-refractivity contribution >= 4 is 40.7 Å². The molecule has 1 aliphatic heterocycles. The van der Waals surface area contributed by atoms with Crippen LogP contribution in [-0.4, -0.2) is 110 Å². The fourth-order valence-electron chi connectivity index (χ4n) is 5.54. The molecule has 3 aromatic heterocycles. The Kier molecular flexibility index (Phi) is 10.7. The zero-order valence-corrected chi connectivity index (χ0v) is 27.0. The molecule has 0 unspecified atom stereocenters. The highest BCUT2D eigenvalue weighted by Crippen LogP contribution is 2.37. The van der Waals surface area contributed by atoms with Crippen LogP contribution in [0.2, 0.25) is 5.02 Å². The van der Waals surface area contributed by atoms with Crippen LogP contribution >= 0.6 is 11.6 Å². The predicted octanol–water partition coefficient (Wildman–Crippen LogP) is 3.89. The summed E-state index contributed by atoms with van der Waals surface area (Å²) < 4.78 is 34.1. The molecule has 1 aliphatic rings. The van der Waals surface area contributed by atoms with Crippen molar-refractivity contribution in [2.24, 2.45) is 0 Å². The Bertz CT molecular complexity index is 1740. The van der Waals surface area contributed by atoms with Gasteiger partial charge in [0.1, 0.15) is 23.6 Å². The van der Waals surface area contributed by atoms with Gasteiger partial charge in [0.2, 0.25) is 11.8 Å². The molecule has 1 fully saturated rings. The van der Waals surface area contributed by atoms with Gasteiger partial charge in [-0.15, -0.1) is 0 Å². The Hall–Kier alpha value is -4.63. The van der Waals surface area contributed by atoms with Gasteiger partial charge in [-0.3, -0.25) is 19.1 Å². The van der Waals surface area contributed by atoms with Crippen molar-refractivity contribution in [2.75, 3.05) is 46.1 Å². The first-order valence-electron chi connectivity index (χ1n) is 15.1. The number of likely N-dealkylation sites (tertiary alicyclic amines) is 1. The van der Waals surface area contributed by atoms with E-state index in [1.54, 1.807) is 36.2 Å². The van der Waals surface area contributed by atoms with Crippen LogP contribution < -0.4 is 10.1 Å². The minimum absolute atomic E-state index is 0.0850. The van der Waals surface area contributed by atoms with E-state index in [9.17, 15) is 23.2 Å². The number of hydrogen-bond donors (Lipinski definition) is 1. The average Bonchev–Trinajstić information content (AvgIpc) is 3.65. The summed E-state index contributed by atoms with van der Waals surface area (Å²) in [7, 11) is 5.53. The van der Waals surface area contributed by atoms with E-state index < -0.39 is 12.5 Å². The highest BCUT2D eigenvalue weighted by Gasteiger charge is 2.27. The third-order valence-corrected chi connectivity index (χ3v) is 8.32. The Morgan fingerprint density at radius 3 is 2.66 bits per heavy atom. The van der Waals surface area contributed by atoms with Gasteiger partial charge in [0.05, 0.1) is 11.9 Å². The van der Waals surface area contributed by atoms with Gasteiger partial charge in [0, 0.05) is 68.8 Å². The zero-order chi connectivity index (χ0) is 33.7. The Labute approximate surface area is 275 Å². The lowest BCUT2D eigenvalue weighted by molar-refractivity contribution is -0.133. The number of fused-ring (bicyclic) bond motifs is 1. The second kappa shape index (κ2) is 14.9. The fourth-order valence-corrected chi connectivity index (χ4v) is 5.71. The highest BCUT2D eigenvalue weighted by molar-refractivity contribution is 6.31. The maximum atomic E-state index is 13.4. The fraction of sp³-hybridized carbons (Fsp3) is 0.419. The maximum absolute atomic E-state index is 13.4. The summed E-state index contributed by atoms with van der Waals surface area (Å²) in [6.45, 7) is -1.40. The normalized spacial score (nSPS) is 13.8. The minimum atomic E-state index is -3.12. The Morgan fingerprint density at radius 2 is 1.94 bits per heavy atom. The van der Waals surface area contributed by atoms with Gasteiger partial charge in [-0.25, -0.2) is 9.50 Å². The third kappa shape index (κ3) is 8.21. The van der Waals surface area contributed by atoms with Gasteiger partial charge >= 0.3 is 6.61 Å². The van der Waals surface area contributed by atoms with E-state index in [1.165, 1.54) is 46.0 Å². The average molecular weight is 672 g/mol. The van der Waals surface area contributed by atoms with Crippen molar-refractivity contribution in [3.05, 3.63) is 59.6 Å². The highest BCUT2D eigenvalue weighted by atomic mass is 35.5. The van der Waals surface area contributed by atoms with Gasteiger partial charge in [0.15, 0.2) is 5.65 Å². The van der Waals surface area contributed by atoms with Crippen LogP contribution in [0.3, 0.4) is 0 Å². The van der Waals surface area contributed by atoms with Crippen LogP contribution in [-0.2, 0) is 16.1 Å². The second-order valence-electron chi connectivity index (χ2n) is 11.5. The molecule has 0 bridgehead atoms. The summed E-state index contributed by atoms with van der Waals surface area (Å²) in [5, 5.41) is 11.7. The van der Waals surface area contributed by atoms with Gasteiger partial charge in [-0.05, 0) is 57.1 Å². The number of piperidine rings is 1. The molecule has 4 aromatic rings. The topological polar surface area (TPSA) is 130 Å². The van der Waals surface area contributed by atoms with Crippen LogP contribution in [0.1, 0.15) is 36.0 Å². The van der Waals surface area contributed by atoms with Crippen LogP contribution in [0, 0.1) is 0 Å². The molecule has 0 saturated carbocycles. The largest absolute Gasteiger partial charge is 0.434 e. The number of nitrogens with one attached hydrogen (secondary N) is 1. The van der Waals surface area contributed by atoms with E-state index >= 15 is 0 Å². The molecule has 1 aromatic carbocycles. The minimum Gasteiger partial charge on any atom is -0.434 e. The Balaban J connectivity index is 1.31. The molecule has 250 valence electrons. The van der Waals surface area contributed by atoms with Crippen molar-refractivity contribution in [1.82, 2.24) is 39.1 Å². The molecule has 0 aliphatic carbocycles. The SMILES string of the molecule is CN(C)C(=O)CCCN(C)C1CCN(C(=O)Cn2cc(NC(=O)c3cnn4cccnc34)c(-c3cc(Cl)ccc3OC(F)F)n2)CC1. The molecule has 1 saturated heterocycles. The first kappa shape index (κ1) is 33.7. The number of alkyl halides is 2. The summed E-state index contributed by atoms with van der Waals surface area (Å²) in [5.74, 6) is -0.853. The van der Waals surface area contributed by atoms with Crippen LogP contribution in [0.15, 0.2) is 49.1 Å². The number of rotatable bonds is 12. The molecule has 5 rings (SSSR count). The number of anilines is 1. The molecule has 3 amide bonds. The van der Waals surface area contributed by atoms with Crippen molar-refractivity contribution < 1.29 is 27.9 Å². The number of amides is 3. The zero-order valence-electron chi connectivity index (χ0n) is 26.3. The van der Waals surface area contributed by atoms with Crippen molar-refractivity contribution in [3.8, 4) is 17.0 Å². The summed E-state index contributed by atoms with van der Waals surface area (Å²) in [4.78, 5) is 48.5. The molecule has 1 N–H and O–H groups in total. The molecule has 0 radical (unpaired) electrons. The molecule has 47 heavy (non-hydrogen) atoms. The number of aromatic nitrogens is 5. The predicted molar refractivity (Wildman–Crippen MR) is 170 cm³/mol. The molecule has 0 atom stereocenters. The molecular formula is C31H36ClF2N9O4. The van der Waals surface area contributed by atoms with Crippen molar-refractivity contribution in [1.29, 1.82) is 0 Å². The number of nitrogens with zero attached hydrogens (tertiary/aromatic N) is 8. The molecular weight excluding hydrogens is 636 g/mol. The van der Waals surface area contributed by atoms with Gasteiger partial charge in [0.25, 0.3) is 5.91 Å². The first-order valence-corrected chi connectivity index (χ1v) is 15.5. The van der Waals surface area contributed by atoms with Crippen LogP contribution in [0.25, 0.3) is 16.9 Å². The smallest absolute Gasteiger partial charge is 0.387 e.